The molecule has 1 aliphatic rings. The number of allylic oxidation sites excluding steroid dienone is 4. The number of hydrogen-bond donors (Lipinski definition) is 0. The minimum atomic E-state index is 0. The van der Waals surface area contributed by atoms with Crippen molar-refractivity contribution in [1.82, 2.24) is 0 Å². The Bertz CT molecular complexity index is 115. The fraction of sp³-hybridized carbons (Fsp3) is 0.200. The number of halogens is 5. The first kappa shape index (κ1) is 29.2. The van der Waals surface area contributed by atoms with Crippen LogP contribution in [-0.4, -0.2) is 0 Å². The minimum absolute atomic E-state index is 0. The van der Waals surface area contributed by atoms with Crippen LogP contribution in [0.4, 0.5) is 0 Å². The summed E-state index contributed by atoms with van der Waals surface area (Å²) in [6.07, 6.45) is 6.83. The molecule has 6 heteroatoms. The number of rotatable bonds is 0. The van der Waals surface area contributed by atoms with Gasteiger partial charge in [0.1, 0.15) is 0 Å². The molecule has 64 valence electrons. The van der Waals surface area contributed by atoms with E-state index in [0.29, 0.717) is 0 Å². The Morgan fingerprint density at radius 3 is 1.64 bits per heavy atom. The van der Waals surface area contributed by atoms with Crippen LogP contribution < -0.4 is 67.9 Å². The van der Waals surface area contributed by atoms with Gasteiger partial charge >= 0.3 is 21.7 Å². The monoisotopic (exact) mass is 464 g/mol. The predicted octanol–water partition coefficient (Wildman–Crippen LogP) is -9.92. The van der Waals surface area contributed by atoms with E-state index in [1.807, 2.05) is 18.2 Å². The summed E-state index contributed by atoms with van der Waals surface area (Å²) in [7, 11) is 0. The van der Waals surface area contributed by atoms with Gasteiger partial charge in [0.2, 0.25) is 0 Å². The van der Waals surface area contributed by atoms with E-state index < -0.39 is 0 Å². The average molecular weight is 468 g/mol. The third-order valence-corrected chi connectivity index (χ3v) is 1.01. The van der Waals surface area contributed by atoms with Crippen LogP contribution in [0.3, 0.4) is 0 Å². The largest absolute Gasteiger partial charge is 4.00 e. The molecule has 0 amide bonds. The second-order valence-corrected chi connectivity index (χ2v) is 1.73. The van der Waals surface area contributed by atoms with Gasteiger partial charge in [0.15, 0.2) is 0 Å². The average Bonchev–Trinajstić information content (AvgIpc) is 1.86. The molecule has 0 aromatic rings. The Morgan fingerprint density at radius 1 is 1.09 bits per heavy atom. The maximum atomic E-state index is 5.51. The Hall–Kier alpha value is 2.40. The second kappa shape index (κ2) is 18.2. The molecule has 0 fully saturated rings. The Balaban J connectivity index is -0.0000000240. The van der Waals surface area contributed by atoms with Crippen molar-refractivity contribution in [1.29, 1.82) is 0 Å². The summed E-state index contributed by atoms with van der Waals surface area (Å²) in [5.74, 6) is 0. The van der Waals surface area contributed by atoms with Crippen molar-refractivity contribution in [3.8, 4) is 0 Å². The normalized spacial score (nSPS) is 10.1. The molecule has 1 aliphatic carbocycles. The van der Waals surface area contributed by atoms with Gasteiger partial charge in [0.05, 0.1) is 0 Å². The molecule has 0 atom stereocenters. The van der Waals surface area contributed by atoms with E-state index in [4.69, 9.17) is 11.6 Å². The maximum Gasteiger partial charge on any atom is 4.00 e. The van der Waals surface area contributed by atoms with Gasteiger partial charge < -0.3 is 67.9 Å². The van der Waals surface area contributed by atoms with E-state index in [1.165, 1.54) is 0 Å². The Morgan fingerprint density at radius 2 is 1.55 bits per heavy atom. The van der Waals surface area contributed by atoms with Crippen LogP contribution in [0.2, 0.25) is 0 Å². The van der Waals surface area contributed by atoms with Gasteiger partial charge in [-0.25, -0.2) is 0 Å². The molecule has 0 spiro atoms. The summed E-state index contributed by atoms with van der Waals surface area (Å²) in [5.41, 5.74) is 0. The van der Waals surface area contributed by atoms with Crippen LogP contribution in [0, 0.1) is 0 Å². The molecule has 0 radical (unpaired) electrons. The molecule has 0 bridgehead atoms. The fourth-order valence-corrected chi connectivity index (χ4v) is 0.583. The van der Waals surface area contributed by atoms with Gasteiger partial charge in [0, 0.05) is 11.5 Å². The first-order chi connectivity index (χ1) is 2.89. The molecule has 0 saturated carbocycles. The minimum Gasteiger partial charge on any atom is -1.00 e. The molecule has 11 heavy (non-hydrogen) atoms. The third kappa shape index (κ3) is 15.2. The quantitative estimate of drug-likeness (QED) is 0.310. The van der Waals surface area contributed by atoms with Crippen LogP contribution in [0.5, 0.6) is 0 Å². The first-order valence-corrected chi connectivity index (χ1v) is 2.28. The van der Waals surface area contributed by atoms with Crippen LogP contribution in [-0.2, 0) is 21.7 Å². The van der Waals surface area contributed by atoms with Crippen LogP contribution in [0.15, 0.2) is 23.3 Å². The first-order valence-electron chi connectivity index (χ1n) is 1.91. The summed E-state index contributed by atoms with van der Waals surface area (Å²) in [4.78, 5) is 0. The standard InChI is InChI=1S/C5H5Cl.4BrH.Ti/c6-5-3-1-2-4-5;;;;;/h1-3H,4H2;4*1H;/q;;;;;+4/p-4. The van der Waals surface area contributed by atoms with Crippen LogP contribution >= 0.6 is 11.6 Å². The number of hydrogen-bond acceptors (Lipinski definition) is 0. The van der Waals surface area contributed by atoms with E-state index in [0.717, 1.165) is 11.5 Å². The van der Waals surface area contributed by atoms with Crippen molar-refractivity contribution in [2.45, 2.75) is 6.42 Å². The van der Waals surface area contributed by atoms with E-state index in [1.54, 1.807) is 0 Å². The Labute approximate surface area is 129 Å². The van der Waals surface area contributed by atoms with Crippen molar-refractivity contribution in [2.24, 2.45) is 0 Å². The van der Waals surface area contributed by atoms with Crippen molar-refractivity contribution in [3.63, 3.8) is 0 Å². The van der Waals surface area contributed by atoms with Crippen molar-refractivity contribution in [2.75, 3.05) is 0 Å². The molecular weight excluding hydrogens is 463 g/mol. The summed E-state index contributed by atoms with van der Waals surface area (Å²) in [5, 5.41) is 0.940. The SMILES string of the molecule is ClC1=CC=CC1.[Br-].[Br-].[Br-].[Br-].[Ti+4]. The molecule has 0 saturated heterocycles. The summed E-state index contributed by atoms with van der Waals surface area (Å²) in [6, 6.07) is 0. The van der Waals surface area contributed by atoms with Gasteiger partial charge in [-0.3, -0.25) is 0 Å². The molecule has 0 N–H and O–H groups in total. The summed E-state index contributed by atoms with van der Waals surface area (Å²) in [6.45, 7) is 0. The molecular formula is C5H5Br4ClTi. The molecule has 1 rings (SSSR count). The van der Waals surface area contributed by atoms with Crippen LogP contribution in [0.1, 0.15) is 6.42 Å². The van der Waals surface area contributed by atoms with E-state index in [-0.39, 0.29) is 89.6 Å². The molecule has 0 aromatic heterocycles. The third-order valence-electron chi connectivity index (χ3n) is 0.726. The zero-order valence-corrected chi connectivity index (χ0v) is 14.0. The van der Waals surface area contributed by atoms with Gasteiger partial charge in [-0.1, -0.05) is 23.8 Å². The van der Waals surface area contributed by atoms with Gasteiger partial charge in [0.25, 0.3) is 0 Å². The van der Waals surface area contributed by atoms with E-state index in [9.17, 15) is 0 Å². The van der Waals surface area contributed by atoms with Crippen molar-refractivity contribution in [3.05, 3.63) is 23.3 Å². The van der Waals surface area contributed by atoms with Crippen LogP contribution in [0.25, 0.3) is 0 Å². The second-order valence-electron chi connectivity index (χ2n) is 1.25. The molecule has 0 aliphatic heterocycles. The molecule has 0 nitrogen and oxygen atoms in total. The van der Waals surface area contributed by atoms with E-state index >= 15 is 0 Å². The smallest absolute Gasteiger partial charge is 1.00 e. The van der Waals surface area contributed by atoms with Gasteiger partial charge in [-0.2, -0.15) is 0 Å². The molecule has 0 unspecified atom stereocenters. The zero-order chi connectivity index (χ0) is 4.41. The Kier molecular flexibility index (Phi) is 48.4. The molecule has 0 heterocycles. The zero-order valence-electron chi connectivity index (χ0n) is 5.33. The fourth-order valence-electron chi connectivity index (χ4n) is 0.421. The van der Waals surface area contributed by atoms with Crippen molar-refractivity contribution >= 4 is 11.6 Å². The van der Waals surface area contributed by atoms with Gasteiger partial charge in [-0.15, -0.1) is 0 Å². The predicted molar refractivity (Wildman–Crippen MR) is 27.7 cm³/mol. The van der Waals surface area contributed by atoms with Crippen molar-refractivity contribution < 1.29 is 89.6 Å². The topological polar surface area (TPSA) is 0 Å². The summed E-state index contributed by atoms with van der Waals surface area (Å²) < 4.78 is 0. The maximum absolute atomic E-state index is 5.51. The summed E-state index contributed by atoms with van der Waals surface area (Å²) >= 11 is 5.51. The molecule has 0 aromatic carbocycles. The van der Waals surface area contributed by atoms with Gasteiger partial charge in [-0.05, 0) is 6.08 Å². The van der Waals surface area contributed by atoms with E-state index in [2.05, 4.69) is 0 Å².